The smallest absolute Gasteiger partial charge is 0.163 e. The average Bonchev–Trinajstić information content (AvgIpc) is 2.37. The lowest BCUT2D eigenvalue weighted by molar-refractivity contribution is 0.275. The van der Waals surface area contributed by atoms with E-state index in [0.717, 1.165) is 12.8 Å². The van der Waals surface area contributed by atoms with Gasteiger partial charge in [0.2, 0.25) is 0 Å². The zero-order chi connectivity index (χ0) is 12.3. The van der Waals surface area contributed by atoms with Crippen molar-refractivity contribution < 1.29 is 8.78 Å². The van der Waals surface area contributed by atoms with Gasteiger partial charge in [0.25, 0.3) is 0 Å². The first-order valence-electron chi connectivity index (χ1n) is 6.35. The lowest BCUT2D eigenvalue weighted by Crippen LogP contribution is -2.28. The molecule has 1 atom stereocenters. The lowest BCUT2D eigenvalue weighted by atomic mass is 9.81. The van der Waals surface area contributed by atoms with E-state index in [4.69, 9.17) is 0 Å². The summed E-state index contributed by atoms with van der Waals surface area (Å²) >= 11 is 0. The maximum absolute atomic E-state index is 13.8. The molecule has 3 heteroatoms. The molecule has 94 valence electrons. The molecule has 0 aromatic heterocycles. The summed E-state index contributed by atoms with van der Waals surface area (Å²) in [4.78, 5) is 0. The van der Waals surface area contributed by atoms with Crippen LogP contribution in [0.3, 0.4) is 0 Å². The summed E-state index contributed by atoms with van der Waals surface area (Å²) in [6, 6.07) is 4.38. The molecule has 1 aliphatic rings. The summed E-state index contributed by atoms with van der Waals surface area (Å²) in [6.07, 6.45) is 5.85. The highest BCUT2D eigenvalue weighted by Gasteiger charge is 2.26. The Bertz CT molecular complexity index is 372. The Kier molecular flexibility index (Phi) is 4.11. The molecule has 0 radical (unpaired) electrons. The molecule has 1 unspecified atom stereocenters. The van der Waals surface area contributed by atoms with Gasteiger partial charge in [-0.15, -0.1) is 0 Å². The van der Waals surface area contributed by atoms with E-state index in [1.165, 1.54) is 25.3 Å². The van der Waals surface area contributed by atoms with Crippen molar-refractivity contribution >= 4 is 0 Å². The van der Waals surface area contributed by atoms with E-state index in [2.05, 4.69) is 5.32 Å². The second-order valence-electron chi connectivity index (χ2n) is 4.81. The third-order valence-electron chi connectivity index (χ3n) is 3.75. The largest absolute Gasteiger partial charge is 0.313 e. The molecule has 0 amide bonds. The predicted octanol–water partition coefficient (Wildman–Crippen LogP) is 3.81. The van der Waals surface area contributed by atoms with E-state index >= 15 is 0 Å². The van der Waals surface area contributed by atoms with Crippen LogP contribution in [0.25, 0.3) is 0 Å². The molecule has 0 heterocycles. The van der Waals surface area contributed by atoms with Crippen LogP contribution in [0.1, 0.15) is 43.7 Å². The van der Waals surface area contributed by atoms with Crippen LogP contribution in [0.15, 0.2) is 18.2 Å². The van der Waals surface area contributed by atoms with Crippen LogP contribution in [0.2, 0.25) is 0 Å². The van der Waals surface area contributed by atoms with Crippen molar-refractivity contribution in [3.05, 3.63) is 35.4 Å². The topological polar surface area (TPSA) is 12.0 Å². The van der Waals surface area contributed by atoms with Crippen molar-refractivity contribution in [1.82, 2.24) is 5.32 Å². The van der Waals surface area contributed by atoms with Gasteiger partial charge in [-0.2, -0.15) is 0 Å². The Morgan fingerprint density at radius 1 is 1.18 bits per heavy atom. The van der Waals surface area contributed by atoms with E-state index in [9.17, 15) is 8.78 Å². The molecular formula is C14H19F2N. The molecule has 0 bridgehead atoms. The summed E-state index contributed by atoms with van der Waals surface area (Å²) in [6.45, 7) is 0. The van der Waals surface area contributed by atoms with Crippen molar-refractivity contribution in [2.24, 2.45) is 5.92 Å². The molecule has 1 fully saturated rings. The molecule has 1 saturated carbocycles. The zero-order valence-corrected chi connectivity index (χ0v) is 10.2. The Morgan fingerprint density at radius 3 is 2.53 bits per heavy atom. The molecular weight excluding hydrogens is 220 g/mol. The minimum atomic E-state index is -0.751. The van der Waals surface area contributed by atoms with Gasteiger partial charge in [0.15, 0.2) is 11.6 Å². The van der Waals surface area contributed by atoms with Gasteiger partial charge < -0.3 is 5.32 Å². The van der Waals surface area contributed by atoms with Crippen molar-refractivity contribution in [1.29, 1.82) is 0 Å². The lowest BCUT2D eigenvalue weighted by Gasteiger charge is -2.30. The van der Waals surface area contributed by atoms with Gasteiger partial charge in [-0.3, -0.25) is 0 Å². The van der Waals surface area contributed by atoms with Gasteiger partial charge in [0, 0.05) is 11.6 Å². The first-order chi connectivity index (χ1) is 8.24. The van der Waals surface area contributed by atoms with Gasteiger partial charge in [0.05, 0.1) is 0 Å². The molecule has 1 aromatic carbocycles. The van der Waals surface area contributed by atoms with E-state index in [0.29, 0.717) is 11.5 Å². The summed E-state index contributed by atoms with van der Waals surface area (Å²) in [5.41, 5.74) is 0.472. The summed E-state index contributed by atoms with van der Waals surface area (Å²) < 4.78 is 27.0. The molecule has 1 nitrogen and oxygen atoms in total. The van der Waals surface area contributed by atoms with E-state index in [-0.39, 0.29) is 6.04 Å². The number of rotatable bonds is 3. The number of hydrogen-bond donors (Lipinski definition) is 1. The normalized spacial score (nSPS) is 19.2. The first-order valence-corrected chi connectivity index (χ1v) is 6.35. The van der Waals surface area contributed by atoms with Crippen LogP contribution in [-0.2, 0) is 0 Å². The number of nitrogens with one attached hydrogen (secondary N) is 1. The highest BCUT2D eigenvalue weighted by Crippen LogP contribution is 2.35. The molecule has 0 spiro atoms. The number of benzene rings is 1. The van der Waals surface area contributed by atoms with Gasteiger partial charge in [0.1, 0.15) is 0 Å². The third kappa shape index (κ3) is 2.65. The third-order valence-corrected chi connectivity index (χ3v) is 3.75. The molecule has 1 N–H and O–H groups in total. The summed E-state index contributed by atoms with van der Waals surface area (Å²) in [7, 11) is 1.82. The van der Waals surface area contributed by atoms with E-state index in [1.54, 1.807) is 12.1 Å². The first kappa shape index (κ1) is 12.5. The molecule has 2 rings (SSSR count). The Morgan fingerprint density at radius 2 is 1.88 bits per heavy atom. The van der Waals surface area contributed by atoms with E-state index < -0.39 is 11.6 Å². The minimum absolute atomic E-state index is 0.0639. The van der Waals surface area contributed by atoms with Gasteiger partial charge >= 0.3 is 0 Å². The second-order valence-corrected chi connectivity index (χ2v) is 4.81. The molecule has 1 aromatic rings. The van der Waals surface area contributed by atoms with Crippen molar-refractivity contribution in [2.45, 2.75) is 38.1 Å². The fourth-order valence-electron chi connectivity index (χ4n) is 2.87. The molecule has 17 heavy (non-hydrogen) atoms. The number of hydrogen-bond acceptors (Lipinski definition) is 1. The van der Waals surface area contributed by atoms with Crippen LogP contribution in [0.4, 0.5) is 8.78 Å². The van der Waals surface area contributed by atoms with Crippen molar-refractivity contribution in [3.63, 3.8) is 0 Å². The van der Waals surface area contributed by atoms with E-state index in [1.807, 2.05) is 7.05 Å². The fourth-order valence-corrected chi connectivity index (χ4v) is 2.87. The van der Waals surface area contributed by atoms with Crippen LogP contribution in [0.5, 0.6) is 0 Å². The average molecular weight is 239 g/mol. The van der Waals surface area contributed by atoms with Crippen LogP contribution >= 0.6 is 0 Å². The Hall–Kier alpha value is -0.960. The maximum Gasteiger partial charge on any atom is 0.163 e. The quantitative estimate of drug-likeness (QED) is 0.845. The standard InChI is InChI=1S/C14H19F2N/c1-17-14(10-6-3-2-4-7-10)11-8-5-9-12(15)13(11)16/h5,8-10,14,17H,2-4,6-7H2,1H3. The summed E-state index contributed by atoms with van der Waals surface area (Å²) in [5, 5.41) is 3.15. The molecule has 0 aliphatic heterocycles. The molecule has 1 aliphatic carbocycles. The highest BCUT2D eigenvalue weighted by atomic mass is 19.2. The minimum Gasteiger partial charge on any atom is -0.313 e. The molecule has 0 saturated heterocycles. The zero-order valence-electron chi connectivity index (χ0n) is 10.2. The van der Waals surface area contributed by atoms with Crippen LogP contribution < -0.4 is 5.32 Å². The SMILES string of the molecule is CNC(c1cccc(F)c1F)C1CCCCC1. The maximum atomic E-state index is 13.8. The van der Waals surface area contributed by atoms with Gasteiger partial charge in [-0.25, -0.2) is 8.78 Å². The van der Waals surface area contributed by atoms with Crippen molar-refractivity contribution in [3.8, 4) is 0 Å². The monoisotopic (exact) mass is 239 g/mol. The fraction of sp³-hybridized carbons (Fsp3) is 0.571. The van der Waals surface area contributed by atoms with Crippen LogP contribution in [0, 0.1) is 17.6 Å². The Labute approximate surface area is 101 Å². The number of halogens is 2. The highest BCUT2D eigenvalue weighted by molar-refractivity contribution is 5.23. The predicted molar refractivity (Wildman–Crippen MR) is 64.7 cm³/mol. The Balaban J connectivity index is 2.24. The van der Waals surface area contributed by atoms with Crippen molar-refractivity contribution in [2.75, 3.05) is 7.05 Å². The van der Waals surface area contributed by atoms with Crippen LogP contribution in [-0.4, -0.2) is 7.05 Å². The second kappa shape index (κ2) is 5.58. The van der Waals surface area contributed by atoms with Gasteiger partial charge in [-0.1, -0.05) is 31.4 Å². The van der Waals surface area contributed by atoms with Gasteiger partial charge in [-0.05, 0) is 31.9 Å². The summed E-state index contributed by atoms with van der Waals surface area (Å²) in [5.74, 6) is -1.03.